The number of benzene rings is 1. The standard InChI is InChI=1S/C11H13BrO2S/c1-8-6-9(8)7-15(13,14)11-4-2-10(12)3-5-11/h2-5,8-9H,6-7H2,1H3/t8-,9+/m1/s1. The zero-order valence-electron chi connectivity index (χ0n) is 8.48. The molecule has 0 unspecified atom stereocenters. The van der Waals surface area contributed by atoms with Crippen LogP contribution in [0.5, 0.6) is 0 Å². The summed E-state index contributed by atoms with van der Waals surface area (Å²) in [5, 5.41) is 0. The van der Waals surface area contributed by atoms with Crippen LogP contribution in [0.25, 0.3) is 0 Å². The van der Waals surface area contributed by atoms with Crippen LogP contribution in [-0.4, -0.2) is 14.2 Å². The van der Waals surface area contributed by atoms with Gasteiger partial charge < -0.3 is 0 Å². The van der Waals surface area contributed by atoms with Gasteiger partial charge in [-0.15, -0.1) is 0 Å². The fourth-order valence-corrected chi connectivity index (χ4v) is 3.69. The number of hydrogen-bond donors (Lipinski definition) is 0. The first-order valence-corrected chi connectivity index (χ1v) is 7.42. The van der Waals surface area contributed by atoms with Gasteiger partial charge in [0.1, 0.15) is 0 Å². The Labute approximate surface area is 98.7 Å². The molecule has 0 saturated heterocycles. The van der Waals surface area contributed by atoms with Crippen molar-refractivity contribution in [2.75, 3.05) is 5.75 Å². The van der Waals surface area contributed by atoms with E-state index in [1.54, 1.807) is 24.3 Å². The highest BCUT2D eigenvalue weighted by Crippen LogP contribution is 2.39. The van der Waals surface area contributed by atoms with Gasteiger partial charge in [0.05, 0.1) is 10.6 Å². The minimum absolute atomic E-state index is 0.301. The molecule has 1 aromatic carbocycles. The van der Waals surface area contributed by atoms with Crippen molar-refractivity contribution in [3.05, 3.63) is 28.7 Å². The Bertz CT molecular complexity index is 450. The van der Waals surface area contributed by atoms with Crippen molar-refractivity contribution < 1.29 is 8.42 Å². The number of rotatable bonds is 3. The van der Waals surface area contributed by atoms with Gasteiger partial charge >= 0.3 is 0 Å². The molecule has 0 radical (unpaired) electrons. The highest BCUT2D eigenvalue weighted by molar-refractivity contribution is 9.10. The van der Waals surface area contributed by atoms with Crippen LogP contribution in [0.15, 0.2) is 33.6 Å². The van der Waals surface area contributed by atoms with E-state index in [1.807, 2.05) is 0 Å². The molecule has 2 rings (SSSR count). The van der Waals surface area contributed by atoms with Gasteiger partial charge in [0, 0.05) is 4.47 Å². The summed E-state index contributed by atoms with van der Waals surface area (Å²) >= 11 is 3.29. The Morgan fingerprint density at radius 2 is 1.87 bits per heavy atom. The van der Waals surface area contributed by atoms with E-state index in [2.05, 4.69) is 22.9 Å². The average molecular weight is 289 g/mol. The largest absolute Gasteiger partial charge is 0.224 e. The van der Waals surface area contributed by atoms with Crippen molar-refractivity contribution in [2.45, 2.75) is 18.2 Å². The molecule has 1 saturated carbocycles. The average Bonchev–Trinajstić information content (AvgIpc) is 2.81. The molecule has 0 bridgehead atoms. The molecule has 1 aliphatic rings. The van der Waals surface area contributed by atoms with Crippen LogP contribution in [0.3, 0.4) is 0 Å². The first-order chi connectivity index (χ1) is 6.99. The summed E-state index contributed by atoms with van der Waals surface area (Å²) in [4.78, 5) is 0.435. The second kappa shape index (κ2) is 3.91. The number of sulfone groups is 1. The predicted molar refractivity (Wildman–Crippen MR) is 63.5 cm³/mol. The second-order valence-electron chi connectivity index (χ2n) is 4.21. The third-order valence-corrected chi connectivity index (χ3v) is 5.27. The Hall–Kier alpha value is -0.350. The normalized spacial score (nSPS) is 25.2. The summed E-state index contributed by atoms with van der Waals surface area (Å²) in [5.74, 6) is 1.25. The highest BCUT2D eigenvalue weighted by atomic mass is 79.9. The quantitative estimate of drug-likeness (QED) is 0.857. The van der Waals surface area contributed by atoms with Crippen LogP contribution in [0.2, 0.25) is 0 Å². The van der Waals surface area contributed by atoms with E-state index in [0.29, 0.717) is 22.5 Å². The summed E-state index contributed by atoms with van der Waals surface area (Å²) in [6.07, 6.45) is 1.05. The van der Waals surface area contributed by atoms with Crippen LogP contribution < -0.4 is 0 Å². The molecule has 0 spiro atoms. The smallest absolute Gasteiger partial charge is 0.178 e. The van der Waals surface area contributed by atoms with E-state index in [0.717, 1.165) is 10.9 Å². The molecule has 0 amide bonds. The molecule has 82 valence electrons. The molecule has 0 heterocycles. The summed E-state index contributed by atoms with van der Waals surface area (Å²) in [6, 6.07) is 6.85. The molecule has 2 atom stereocenters. The van der Waals surface area contributed by atoms with E-state index in [4.69, 9.17) is 0 Å². The van der Waals surface area contributed by atoms with Gasteiger partial charge in [0.25, 0.3) is 0 Å². The molecule has 15 heavy (non-hydrogen) atoms. The van der Waals surface area contributed by atoms with Gasteiger partial charge in [-0.3, -0.25) is 0 Å². The predicted octanol–water partition coefficient (Wildman–Crippen LogP) is 2.88. The van der Waals surface area contributed by atoms with Crippen molar-refractivity contribution in [2.24, 2.45) is 11.8 Å². The van der Waals surface area contributed by atoms with Crippen molar-refractivity contribution in [1.82, 2.24) is 0 Å². The van der Waals surface area contributed by atoms with Crippen molar-refractivity contribution in [3.63, 3.8) is 0 Å². The molecule has 1 aromatic rings. The molecule has 4 heteroatoms. The van der Waals surface area contributed by atoms with Gasteiger partial charge in [0.2, 0.25) is 0 Å². The lowest BCUT2D eigenvalue weighted by molar-refractivity contribution is 0.590. The Kier molecular flexibility index (Phi) is 2.90. The van der Waals surface area contributed by atoms with Gasteiger partial charge in [-0.25, -0.2) is 8.42 Å². The number of hydrogen-bond acceptors (Lipinski definition) is 2. The maximum absolute atomic E-state index is 11.9. The van der Waals surface area contributed by atoms with Crippen LogP contribution in [0.1, 0.15) is 13.3 Å². The molecular weight excluding hydrogens is 276 g/mol. The van der Waals surface area contributed by atoms with E-state index < -0.39 is 9.84 Å². The second-order valence-corrected chi connectivity index (χ2v) is 7.16. The van der Waals surface area contributed by atoms with Crippen LogP contribution >= 0.6 is 15.9 Å². The SMILES string of the molecule is C[C@@H]1C[C@H]1CS(=O)(=O)c1ccc(Br)cc1. The van der Waals surface area contributed by atoms with Gasteiger partial charge in [-0.2, -0.15) is 0 Å². The maximum atomic E-state index is 11.9. The fraction of sp³-hybridized carbons (Fsp3) is 0.455. The summed E-state index contributed by atoms with van der Waals surface area (Å²) in [7, 11) is -3.07. The van der Waals surface area contributed by atoms with Crippen LogP contribution in [0.4, 0.5) is 0 Å². The monoisotopic (exact) mass is 288 g/mol. The lowest BCUT2D eigenvalue weighted by atomic mass is 10.4. The molecule has 0 aromatic heterocycles. The van der Waals surface area contributed by atoms with E-state index in [-0.39, 0.29) is 0 Å². The summed E-state index contributed by atoms with van der Waals surface area (Å²) in [6.45, 7) is 2.10. The Morgan fingerprint density at radius 1 is 1.33 bits per heavy atom. The topological polar surface area (TPSA) is 34.1 Å². The lowest BCUT2D eigenvalue weighted by Gasteiger charge is -2.03. The summed E-state index contributed by atoms with van der Waals surface area (Å²) in [5.41, 5.74) is 0. The summed E-state index contributed by atoms with van der Waals surface area (Å²) < 4.78 is 24.8. The molecular formula is C11H13BrO2S. The maximum Gasteiger partial charge on any atom is 0.178 e. The van der Waals surface area contributed by atoms with Gasteiger partial charge in [-0.1, -0.05) is 22.9 Å². The van der Waals surface area contributed by atoms with E-state index >= 15 is 0 Å². The van der Waals surface area contributed by atoms with E-state index in [9.17, 15) is 8.42 Å². The fourth-order valence-electron chi connectivity index (χ4n) is 1.65. The molecule has 1 fully saturated rings. The highest BCUT2D eigenvalue weighted by Gasteiger charge is 2.36. The molecule has 0 N–H and O–H groups in total. The number of halogens is 1. The van der Waals surface area contributed by atoms with E-state index in [1.165, 1.54) is 0 Å². The van der Waals surface area contributed by atoms with Gasteiger partial charge in [0.15, 0.2) is 9.84 Å². The first-order valence-electron chi connectivity index (χ1n) is 4.97. The van der Waals surface area contributed by atoms with Crippen molar-refractivity contribution >= 4 is 25.8 Å². The minimum Gasteiger partial charge on any atom is -0.224 e. The minimum atomic E-state index is -3.07. The zero-order valence-corrected chi connectivity index (χ0v) is 10.9. The van der Waals surface area contributed by atoms with Crippen molar-refractivity contribution in [3.8, 4) is 0 Å². The zero-order chi connectivity index (χ0) is 11.1. The third-order valence-electron chi connectivity index (χ3n) is 2.88. The van der Waals surface area contributed by atoms with Crippen LogP contribution in [-0.2, 0) is 9.84 Å². The first kappa shape index (κ1) is 11.1. The molecule has 2 nitrogen and oxygen atoms in total. The van der Waals surface area contributed by atoms with Crippen molar-refractivity contribution in [1.29, 1.82) is 0 Å². The third kappa shape index (κ3) is 2.61. The Morgan fingerprint density at radius 3 is 2.33 bits per heavy atom. The van der Waals surface area contributed by atoms with Gasteiger partial charge in [-0.05, 0) is 42.5 Å². The Balaban J connectivity index is 2.18. The van der Waals surface area contributed by atoms with Crippen LogP contribution in [0, 0.1) is 11.8 Å². The molecule has 1 aliphatic carbocycles. The lowest BCUT2D eigenvalue weighted by Crippen LogP contribution is -2.08. The molecule has 0 aliphatic heterocycles.